The fraction of sp³-hybridized carbons (Fsp3) is 0.444. The Bertz CT molecular complexity index is 694. The average Bonchev–Trinajstić information content (AvgIpc) is 3.00. The monoisotopic (exact) mass is 437 g/mol. The van der Waals surface area contributed by atoms with Crippen molar-refractivity contribution in [2.75, 3.05) is 13.6 Å². The van der Waals surface area contributed by atoms with E-state index in [0.717, 1.165) is 22.7 Å². The molecule has 0 aliphatic rings. The van der Waals surface area contributed by atoms with Crippen LogP contribution in [0.4, 0.5) is 0 Å². The highest BCUT2D eigenvalue weighted by Crippen LogP contribution is 2.30. The summed E-state index contributed by atoms with van der Waals surface area (Å²) < 4.78 is 0. The van der Waals surface area contributed by atoms with Crippen molar-refractivity contribution in [3.05, 3.63) is 40.4 Å². The van der Waals surface area contributed by atoms with Crippen LogP contribution in [0.15, 0.2) is 29.6 Å². The molecule has 2 N–H and O–H groups in total. The topological polar surface area (TPSA) is 59.2 Å². The number of thiazole rings is 1. The molecule has 1 aromatic heterocycles. The quantitative estimate of drug-likeness (QED) is 0.682. The fourth-order valence-corrected chi connectivity index (χ4v) is 3.38. The summed E-state index contributed by atoms with van der Waals surface area (Å²) in [6, 6.07) is 7.72. The molecule has 0 aliphatic heterocycles. The van der Waals surface area contributed by atoms with E-state index in [1.807, 2.05) is 36.7 Å². The van der Waals surface area contributed by atoms with Crippen molar-refractivity contribution in [3.63, 3.8) is 0 Å². The van der Waals surface area contributed by atoms with Crippen LogP contribution in [0.25, 0.3) is 10.6 Å². The largest absolute Gasteiger partial charge is 0.345 e. The molecule has 0 saturated carbocycles. The van der Waals surface area contributed by atoms with Crippen LogP contribution in [0.1, 0.15) is 26.0 Å². The highest BCUT2D eigenvalue weighted by molar-refractivity contribution is 7.13. The molecule has 1 aromatic carbocycles. The number of hydrogen-bond donors (Lipinski definition) is 1. The van der Waals surface area contributed by atoms with E-state index in [9.17, 15) is 4.79 Å². The van der Waals surface area contributed by atoms with Crippen LogP contribution in [-0.4, -0.2) is 35.4 Å². The zero-order valence-electron chi connectivity index (χ0n) is 15.1. The Morgan fingerprint density at radius 3 is 2.58 bits per heavy atom. The Balaban J connectivity index is 0.00000312. The van der Waals surface area contributed by atoms with Gasteiger partial charge < -0.3 is 10.6 Å². The summed E-state index contributed by atoms with van der Waals surface area (Å²) in [6.07, 6.45) is 1.11. The maximum atomic E-state index is 12.3. The zero-order valence-corrected chi connectivity index (χ0v) is 18.4. The van der Waals surface area contributed by atoms with E-state index in [1.54, 1.807) is 4.90 Å². The van der Waals surface area contributed by atoms with Crippen LogP contribution in [-0.2, 0) is 11.2 Å². The lowest BCUT2D eigenvalue weighted by molar-refractivity contribution is -0.129. The predicted molar refractivity (Wildman–Crippen MR) is 116 cm³/mol. The molecular weight excluding hydrogens is 413 g/mol. The Labute approximate surface area is 177 Å². The lowest BCUT2D eigenvalue weighted by atomic mass is 10.0. The van der Waals surface area contributed by atoms with Gasteiger partial charge in [-0.3, -0.25) is 4.79 Å². The maximum Gasteiger partial charge on any atom is 0.228 e. The summed E-state index contributed by atoms with van der Waals surface area (Å²) in [5.74, 6) is 0.479. The van der Waals surface area contributed by atoms with E-state index in [1.165, 1.54) is 11.3 Å². The molecule has 4 nitrogen and oxygen atoms in total. The number of rotatable bonds is 7. The normalized spacial score (nSPS) is 11.5. The molecule has 1 atom stereocenters. The zero-order chi connectivity index (χ0) is 17.7. The smallest absolute Gasteiger partial charge is 0.228 e. The molecule has 1 unspecified atom stereocenters. The van der Waals surface area contributed by atoms with Gasteiger partial charge in [-0.1, -0.05) is 43.6 Å². The second-order valence-electron chi connectivity index (χ2n) is 6.31. The molecule has 0 bridgehead atoms. The SMILES string of the molecule is CC(C)C(N)CCN(C)C(=O)Cc1csc(-c2ccccc2Cl)n1.Cl.Cl. The van der Waals surface area contributed by atoms with Crippen LogP contribution in [0.2, 0.25) is 5.02 Å². The van der Waals surface area contributed by atoms with E-state index in [4.69, 9.17) is 17.3 Å². The summed E-state index contributed by atoms with van der Waals surface area (Å²) >= 11 is 7.71. The van der Waals surface area contributed by atoms with E-state index in [0.29, 0.717) is 23.9 Å². The van der Waals surface area contributed by atoms with Gasteiger partial charge in [-0.25, -0.2) is 4.98 Å². The minimum absolute atomic E-state index is 0. The van der Waals surface area contributed by atoms with Crippen LogP contribution in [0, 0.1) is 5.92 Å². The summed E-state index contributed by atoms with van der Waals surface area (Å²) in [5.41, 5.74) is 7.72. The maximum absolute atomic E-state index is 12.3. The Hall–Kier alpha value is -0.850. The van der Waals surface area contributed by atoms with Crippen molar-refractivity contribution < 1.29 is 4.79 Å². The van der Waals surface area contributed by atoms with E-state index >= 15 is 0 Å². The number of carbonyl (C=O) groups is 1. The highest BCUT2D eigenvalue weighted by Gasteiger charge is 2.15. The summed E-state index contributed by atoms with van der Waals surface area (Å²) in [6.45, 7) is 4.86. The first-order valence-electron chi connectivity index (χ1n) is 8.07. The van der Waals surface area contributed by atoms with Crippen molar-refractivity contribution in [3.8, 4) is 10.6 Å². The van der Waals surface area contributed by atoms with Crippen molar-refractivity contribution >= 4 is 53.7 Å². The van der Waals surface area contributed by atoms with Gasteiger partial charge in [0.1, 0.15) is 5.01 Å². The average molecular weight is 439 g/mol. The lowest BCUT2D eigenvalue weighted by Gasteiger charge is -2.21. The third-order valence-electron chi connectivity index (χ3n) is 4.07. The van der Waals surface area contributed by atoms with Crippen molar-refractivity contribution in [1.82, 2.24) is 9.88 Å². The van der Waals surface area contributed by atoms with Crippen molar-refractivity contribution in [2.24, 2.45) is 11.7 Å². The van der Waals surface area contributed by atoms with Gasteiger partial charge in [0, 0.05) is 30.6 Å². The van der Waals surface area contributed by atoms with Gasteiger partial charge in [-0.2, -0.15) is 0 Å². The molecule has 2 aromatic rings. The Kier molecular flexibility index (Phi) is 11.4. The molecule has 0 spiro atoms. The number of amides is 1. The standard InChI is InChI=1S/C18H24ClN3OS.2ClH/c1-12(2)16(20)8-9-22(3)17(23)10-13-11-24-18(21-13)14-6-4-5-7-15(14)19;;/h4-7,11-12,16H,8-10,20H2,1-3H3;2*1H. The van der Waals surface area contributed by atoms with E-state index < -0.39 is 0 Å². The third-order valence-corrected chi connectivity index (χ3v) is 5.32. The van der Waals surface area contributed by atoms with Gasteiger partial charge in [-0.05, 0) is 18.4 Å². The minimum Gasteiger partial charge on any atom is -0.345 e. The van der Waals surface area contributed by atoms with Crippen molar-refractivity contribution in [1.29, 1.82) is 0 Å². The number of likely N-dealkylation sites (N-methyl/N-ethyl adjacent to an activating group) is 1. The number of hydrogen-bond acceptors (Lipinski definition) is 4. The molecule has 8 heteroatoms. The molecule has 0 saturated heterocycles. The van der Waals surface area contributed by atoms with Gasteiger partial charge in [0.15, 0.2) is 0 Å². The van der Waals surface area contributed by atoms with Crippen molar-refractivity contribution in [2.45, 2.75) is 32.7 Å². The molecule has 0 aliphatic carbocycles. The van der Waals surface area contributed by atoms with Crippen LogP contribution < -0.4 is 5.73 Å². The Morgan fingerprint density at radius 1 is 1.31 bits per heavy atom. The van der Waals surface area contributed by atoms with E-state index in [2.05, 4.69) is 18.8 Å². The molecule has 1 heterocycles. The minimum atomic E-state index is 0. The van der Waals surface area contributed by atoms with Gasteiger partial charge in [-0.15, -0.1) is 36.2 Å². The van der Waals surface area contributed by atoms with Crippen LogP contribution in [0.5, 0.6) is 0 Å². The van der Waals surface area contributed by atoms with Gasteiger partial charge in [0.2, 0.25) is 5.91 Å². The second-order valence-corrected chi connectivity index (χ2v) is 7.58. The van der Waals surface area contributed by atoms with E-state index in [-0.39, 0.29) is 36.8 Å². The second kappa shape index (κ2) is 11.8. The fourth-order valence-electron chi connectivity index (χ4n) is 2.24. The molecule has 146 valence electrons. The first kappa shape index (κ1) is 25.2. The number of carbonyl (C=O) groups excluding carboxylic acids is 1. The third kappa shape index (κ3) is 7.05. The summed E-state index contributed by atoms with van der Waals surface area (Å²) in [5, 5.41) is 3.43. The molecule has 0 fully saturated rings. The van der Waals surface area contributed by atoms with Gasteiger partial charge in [0.05, 0.1) is 17.1 Å². The van der Waals surface area contributed by atoms with Crippen LogP contribution >= 0.6 is 47.8 Å². The number of halogens is 3. The number of nitrogens with two attached hydrogens (primary N) is 1. The van der Waals surface area contributed by atoms with Gasteiger partial charge in [0.25, 0.3) is 0 Å². The predicted octanol–water partition coefficient (Wildman–Crippen LogP) is 4.68. The van der Waals surface area contributed by atoms with Gasteiger partial charge >= 0.3 is 0 Å². The Morgan fingerprint density at radius 2 is 1.96 bits per heavy atom. The first-order valence-corrected chi connectivity index (χ1v) is 9.33. The first-order chi connectivity index (χ1) is 11.4. The molecule has 0 radical (unpaired) electrons. The molecule has 2 rings (SSSR count). The molecule has 1 amide bonds. The molecular formula is C18H26Cl3N3OS. The number of benzene rings is 1. The molecule has 26 heavy (non-hydrogen) atoms. The summed E-state index contributed by atoms with van der Waals surface area (Å²) in [4.78, 5) is 18.6. The van der Waals surface area contributed by atoms with Crippen LogP contribution in [0.3, 0.4) is 0 Å². The highest BCUT2D eigenvalue weighted by atomic mass is 35.5. The number of nitrogens with zero attached hydrogens (tertiary/aromatic N) is 2. The number of aromatic nitrogens is 1. The lowest BCUT2D eigenvalue weighted by Crippen LogP contribution is -2.35. The summed E-state index contributed by atoms with van der Waals surface area (Å²) in [7, 11) is 1.82.